The summed E-state index contributed by atoms with van der Waals surface area (Å²) in [4.78, 5) is 17.2. The zero-order valence-electron chi connectivity index (χ0n) is 16.4. The summed E-state index contributed by atoms with van der Waals surface area (Å²) in [5.41, 5.74) is 1.63. The van der Waals surface area contributed by atoms with Crippen LogP contribution in [0.15, 0.2) is 41.4 Å². The van der Waals surface area contributed by atoms with E-state index in [1.807, 2.05) is 22.8 Å². The molecular formula is C22H18N2O5S. The van der Waals surface area contributed by atoms with Crippen LogP contribution in [0.25, 0.3) is 16.3 Å². The average molecular weight is 422 g/mol. The summed E-state index contributed by atoms with van der Waals surface area (Å²) >= 11 is 1.36. The molecule has 0 radical (unpaired) electrons. The lowest BCUT2D eigenvalue weighted by Crippen LogP contribution is -2.15. The number of amides is 1. The molecule has 0 bridgehead atoms. The van der Waals surface area contributed by atoms with Crippen molar-refractivity contribution in [3.8, 4) is 35.3 Å². The van der Waals surface area contributed by atoms with Crippen LogP contribution in [0.4, 0.5) is 0 Å². The van der Waals surface area contributed by atoms with E-state index in [0.717, 1.165) is 15.8 Å². The molecule has 7 nitrogen and oxygen atoms in total. The second-order valence-corrected chi connectivity index (χ2v) is 7.25. The maximum absolute atomic E-state index is 12.5. The lowest BCUT2D eigenvalue weighted by Gasteiger charge is -2.07. The fraction of sp³-hybridized carbons (Fsp3) is 0.182. The molecule has 0 unspecified atom stereocenters. The Labute approximate surface area is 176 Å². The third kappa shape index (κ3) is 3.75. The molecule has 0 saturated heterocycles. The second-order valence-electron chi connectivity index (χ2n) is 6.25. The van der Waals surface area contributed by atoms with Crippen molar-refractivity contribution in [3.05, 3.63) is 46.8 Å². The van der Waals surface area contributed by atoms with E-state index in [-0.39, 0.29) is 13.3 Å². The van der Waals surface area contributed by atoms with E-state index < -0.39 is 5.91 Å². The van der Waals surface area contributed by atoms with Gasteiger partial charge in [0.25, 0.3) is 5.91 Å². The zero-order chi connectivity index (χ0) is 21.1. The summed E-state index contributed by atoms with van der Waals surface area (Å²) in [5, 5.41) is 0. The highest BCUT2D eigenvalue weighted by Gasteiger charge is 2.17. The quantitative estimate of drug-likeness (QED) is 0.466. The first-order valence-corrected chi connectivity index (χ1v) is 9.80. The number of hydrogen-bond acceptors (Lipinski definition) is 6. The van der Waals surface area contributed by atoms with Crippen LogP contribution in [0.1, 0.15) is 5.56 Å². The molecule has 2 aromatic carbocycles. The summed E-state index contributed by atoms with van der Waals surface area (Å²) < 4.78 is 24.1. The fourth-order valence-corrected chi connectivity index (χ4v) is 4.09. The van der Waals surface area contributed by atoms with Gasteiger partial charge in [0.15, 0.2) is 27.8 Å². The summed E-state index contributed by atoms with van der Waals surface area (Å²) in [7, 11) is 3.13. The predicted octanol–water partition coefficient (Wildman–Crippen LogP) is 3.22. The molecule has 8 heteroatoms. The summed E-state index contributed by atoms with van der Waals surface area (Å²) in [6.45, 7) is 0.476. The number of nitrogens with zero attached hydrogens (tertiary/aromatic N) is 2. The van der Waals surface area contributed by atoms with Gasteiger partial charge in [0.1, 0.15) is 0 Å². The van der Waals surface area contributed by atoms with Gasteiger partial charge >= 0.3 is 0 Å². The van der Waals surface area contributed by atoms with Gasteiger partial charge in [-0.2, -0.15) is 4.99 Å². The number of methoxy groups -OCH3 is 2. The van der Waals surface area contributed by atoms with Crippen LogP contribution in [0.2, 0.25) is 0 Å². The molecule has 0 saturated carbocycles. The molecule has 3 aromatic rings. The molecule has 0 aliphatic carbocycles. The number of rotatable bonds is 5. The lowest BCUT2D eigenvalue weighted by atomic mass is 10.2. The largest absolute Gasteiger partial charge is 0.493 e. The van der Waals surface area contributed by atoms with Crippen molar-refractivity contribution in [1.29, 1.82) is 0 Å². The van der Waals surface area contributed by atoms with E-state index >= 15 is 0 Å². The number of hydrogen-bond donors (Lipinski definition) is 0. The van der Waals surface area contributed by atoms with E-state index in [1.54, 1.807) is 32.4 Å². The topological polar surface area (TPSA) is 71.3 Å². The Morgan fingerprint density at radius 3 is 2.73 bits per heavy atom. The minimum absolute atomic E-state index is 0.193. The van der Waals surface area contributed by atoms with Crippen LogP contribution in [0, 0.1) is 12.3 Å². The number of benzene rings is 2. The molecule has 0 N–H and O–H groups in total. The van der Waals surface area contributed by atoms with Gasteiger partial charge in [-0.25, -0.2) is 0 Å². The van der Waals surface area contributed by atoms with Gasteiger partial charge in [-0.05, 0) is 23.8 Å². The highest BCUT2D eigenvalue weighted by atomic mass is 32.1. The Bertz CT molecular complexity index is 1260. The van der Waals surface area contributed by atoms with Gasteiger partial charge in [0.05, 0.1) is 31.0 Å². The standard InChI is InChI=1S/C22H18N2O5S/c1-4-9-24-15-11-18-19(29-13-28-18)12-20(15)30-22(24)23-21(25)8-6-14-5-7-16(26-2)17(10-14)27-3/h1,5-8,10-12H,9,13H2,2-3H3/b8-6-,23-22?. The Morgan fingerprint density at radius 2 is 2.00 bits per heavy atom. The average Bonchev–Trinajstić information content (AvgIpc) is 3.34. The number of terminal acetylenes is 1. The van der Waals surface area contributed by atoms with Gasteiger partial charge < -0.3 is 23.5 Å². The van der Waals surface area contributed by atoms with Crippen LogP contribution >= 0.6 is 11.3 Å². The number of ether oxygens (including phenoxy) is 4. The predicted molar refractivity (Wildman–Crippen MR) is 114 cm³/mol. The molecule has 2 heterocycles. The van der Waals surface area contributed by atoms with Crippen molar-refractivity contribution in [2.75, 3.05) is 21.0 Å². The second kappa shape index (κ2) is 8.35. The Kier molecular flexibility index (Phi) is 5.46. The zero-order valence-corrected chi connectivity index (χ0v) is 17.2. The van der Waals surface area contributed by atoms with Gasteiger partial charge in [-0.1, -0.05) is 23.3 Å². The molecule has 30 heavy (non-hydrogen) atoms. The van der Waals surface area contributed by atoms with E-state index in [4.69, 9.17) is 25.4 Å². The summed E-state index contributed by atoms with van der Waals surface area (Å²) in [6.07, 6.45) is 8.59. The van der Waals surface area contributed by atoms with Crippen molar-refractivity contribution in [3.63, 3.8) is 0 Å². The molecule has 1 amide bonds. The SMILES string of the molecule is C#CCn1c(=NC(=O)/C=C\c2ccc(OC)c(OC)c2)sc2cc3c(cc21)OCO3. The molecule has 0 fully saturated rings. The molecule has 1 aliphatic heterocycles. The third-order valence-corrected chi connectivity index (χ3v) is 5.50. The molecule has 4 rings (SSSR count). The van der Waals surface area contributed by atoms with Crippen LogP contribution in [-0.4, -0.2) is 31.5 Å². The van der Waals surface area contributed by atoms with Gasteiger partial charge in [-0.3, -0.25) is 4.79 Å². The van der Waals surface area contributed by atoms with E-state index in [0.29, 0.717) is 27.8 Å². The van der Waals surface area contributed by atoms with Gasteiger partial charge in [0.2, 0.25) is 6.79 Å². The number of carbonyl (C=O) groups is 1. The highest BCUT2D eigenvalue weighted by Crippen LogP contribution is 2.37. The smallest absolute Gasteiger partial charge is 0.272 e. The summed E-state index contributed by atoms with van der Waals surface area (Å²) in [5.74, 6) is 4.72. The molecule has 0 spiro atoms. The minimum atomic E-state index is -0.401. The number of thiazole rings is 1. The third-order valence-electron chi connectivity index (χ3n) is 4.46. The summed E-state index contributed by atoms with van der Waals surface area (Å²) in [6, 6.07) is 9.11. The van der Waals surface area contributed by atoms with Gasteiger partial charge in [-0.15, -0.1) is 6.42 Å². The first-order chi connectivity index (χ1) is 14.6. The number of aromatic nitrogens is 1. The van der Waals surface area contributed by atoms with Crippen LogP contribution < -0.4 is 23.7 Å². The van der Waals surface area contributed by atoms with E-state index in [2.05, 4.69) is 10.9 Å². The molecule has 152 valence electrons. The Morgan fingerprint density at radius 1 is 1.23 bits per heavy atom. The van der Waals surface area contributed by atoms with Crippen LogP contribution in [-0.2, 0) is 11.3 Å². The Balaban J connectivity index is 1.67. The normalized spacial score (nSPS) is 13.0. The maximum Gasteiger partial charge on any atom is 0.272 e. The van der Waals surface area contributed by atoms with Crippen LogP contribution in [0.3, 0.4) is 0 Å². The molecule has 0 atom stereocenters. The van der Waals surface area contributed by atoms with Crippen molar-refractivity contribution in [1.82, 2.24) is 4.57 Å². The Hall–Kier alpha value is -3.70. The minimum Gasteiger partial charge on any atom is -0.493 e. The van der Waals surface area contributed by atoms with Crippen molar-refractivity contribution in [2.24, 2.45) is 4.99 Å². The fourth-order valence-electron chi connectivity index (χ4n) is 3.04. The first kappa shape index (κ1) is 19.6. The number of carbonyl (C=O) groups excluding carboxylic acids is 1. The first-order valence-electron chi connectivity index (χ1n) is 8.98. The molecule has 1 aromatic heterocycles. The van der Waals surface area contributed by atoms with Crippen molar-refractivity contribution in [2.45, 2.75) is 6.54 Å². The molecular weight excluding hydrogens is 404 g/mol. The maximum atomic E-state index is 12.5. The van der Waals surface area contributed by atoms with Crippen molar-refractivity contribution < 1.29 is 23.7 Å². The van der Waals surface area contributed by atoms with Crippen LogP contribution in [0.5, 0.6) is 23.0 Å². The van der Waals surface area contributed by atoms with E-state index in [9.17, 15) is 4.79 Å². The monoisotopic (exact) mass is 422 g/mol. The van der Waals surface area contributed by atoms with Gasteiger partial charge in [0, 0.05) is 18.2 Å². The van der Waals surface area contributed by atoms with Crippen molar-refractivity contribution >= 4 is 33.5 Å². The van der Waals surface area contributed by atoms with E-state index in [1.165, 1.54) is 17.4 Å². The highest BCUT2D eigenvalue weighted by molar-refractivity contribution is 7.16. The molecule has 1 aliphatic rings. The lowest BCUT2D eigenvalue weighted by molar-refractivity contribution is -0.113. The number of fused-ring (bicyclic) bond motifs is 2.